The molecule has 2 N–H and O–H groups in total. The minimum atomic E-state index is 0.505. The lowest BCUT2D eigenvalue weighted by atomic mass is 9.66. The molecule has 1 aliphatic rings. The van der Waals surface area contributed by atoms with Crippen LogP contribution in [0.1, 0.15) is 46.5 Å². The third kappa shape index (κ3) is 3.18. The molecule has 1 rings (SSSR count). The zero-order chi connectivity index (χ0) is 11.5. The van der Waals surface area contributed by atoms with Gasteiger partial charge in [0.2, 0.25) is 0 Å². The van der Waals surface area contributed by atoms with E-state index in [4.69, 9.17) is 5.73 Å². The van der Waals surface area contributed by atoms with Crippen molar-refractivity contribution in [3.05, 3.63) is 0 Å². The second kappa shape index (κ2) is 5.31. The third-order valence-electron chi connectivity index (χ3n) is 4.50. The third-order valence-corrected chi connectivity index (χ3v) is 4.50. The highest BCUT2D eigenvalue weighted by molar-refractivity contribution is 4.89. The molecule has 15 heavy (non-hydrogen) atoms. The van der Waals surface area contributed by atoms with Crippen molar-refractivity contribution in [3.63, 3.8) is 0 Å². The Morgan fingerprint density at radius 3 is 2.20 bits per heavy atom. The van der Waals surface area contributed by atoms with Crippen LogP contribution in [0.3, 0.4) is 0 Å². The van der Waals surface area contributed by atoms with Gasteiger partial charge in [-0.1, -0.05) is 20.3 Å². The van der Waals surface area contributed by atoms with Crippen molar-refractivity contribution in [1.82, 2.24) is 4.90 Å². The predicted molar refractivity (Wildman–Crippen MR) is 66.9 cm³/mol. The fourth-order valence-electron chi connectivity index (χ4n) is 2.36. The summed E-state index contributed by atoms with van der Waals surface area (Å²) in [7, 11) is 2.24. The first-order valence-electron chi connectivity index (χ1n) is 6.41. The molecular formula is C13H28N2. The van der Waals surface area contributed by atoms with Crippen LogP contribution < -0.4 is 5.73 Å². The van der Waals surface area contributed by atoms with E-state index in [0.29, 0.717) is 11.5 Å². The minimum Gasteiger partial charge on any atom is -0.330 e. The Morgan fingerprint density at radius 2 is 1.87 bits per heavy atom. The van der Waals surface area contributed by atoms with Gasteiger partial charge in [-0.15, -0.1) is 0 Å². The topological polar surface area (TPSA) is 29.3 Å². The fraction of sp³-hybridized carbons (Fsp3) is 1.00. The maximum absolute atomic E-state index is 5.87. The summed E-state index contributed by atoms with van der Waals surface area (Å²) in [6, 6.07) is 0.680. The average Bonchev–Trinajstić information content (AvgIpc) is 2.15. The first-order valence-corrected chi connectivity index (χ1v) is 6.41. The van der Waals surface area contributed by atoms with E-state index in [9.17, 15) is 0 Å². The highest BCUT2D eigenvalue weighted by Gasteiger charge is 2.35. The molecule has 1 saturated carbocycles. The molecule has 0 spiro atoms. The van der Waals surface area contributed by atoms with E-state index in [2.05, 4.69) is 32.7 Å². The molecule has 1 fully saturated rings. The molecule has 1 atom stereocenters. The standard InChI is InChI=1S/C13H28N2/c1-11(2)12(3)15(4)9-8-13(10-14)6-5-7-13/h11-12H,5-10,14H2,1-4H3. The summed E-state index contributed by atoms with van der Waals surface area (Å²) in [5, 5.41) is 0. The summed E-state index contributed by atoms with van der Waals surface area (Å²) in [6.07, 6.45) is 5.39. The summed E-state index contributed by atoms with van der Waals surface area (Å²) in [6.45, 7) is 9.00. The van der Waals surface area contributed by atoms with Gasteiger partial charge < -0.3 is 10.6 Å². The molecule has 2 nitrogen and oxygen atoms in total. The van der Waals surface area contributed by atoms with Crippen molar-refractivity contribution in [1.29, 1.82) is 0 Å². The second-order valence-corrected chi connectivity index (χ2v) is 5.77. The van der Waals surface area contributed by atoms with Crippen molar-refractivity contribution in [2.24, 2.45) is 17.1 Å². The lowest BCUT2D eigenvalue weighted by Crippen LogP contribution is -2.42. The Labute approximate surface area is 95.2 Å². The normalized spacial score (nSPS) is 21.8. The van der Waals surface area contributed by atoms with Crippen LogP contribution in [0.5, 0.6) is 0 Å². The van der Waals surface area contributed by atoms with E-state index in [-0.39, 0.29) is 0 Å². The molecule has 1 unspecified atom stereocenters. The Balaban J connectivity index is 2.29. The van der Waals surface area contributed by atoms with E-state index in [1.54, 1.807) is 0 Å². The number of rotatable bonds is 6. The van der Waals surface area contributed by atoms with Crippen molar-refractivity contribution in [2.75, 3.05) is 20.1 Å². The highest BCUT2D eigenvalue weighted by Crippen LogP contribution is 2.42. The number of nitrogens with zero attached hydrogens (tertiary/aromatic N) is 1. The van der Waals surface area contributed by atoms with Crippen LogP contribution in [-0.2, 0) is 0 Å². The van der Waals surface area contributed by atoms with Gasteiger partial charge in [-0.3, -0.25) is 0 Å². The van der Waals surface area contributed by atoms with Gasteiger partial charge in [0.05, 0.1) is 0 Å². The van der Waals surface area contributed by atoms with Crippen LogP contribution >= 0.6 is 0 Å². The molecule has 0 aromatic heterocycles. The zero-order valence-electron chi connectivity index (χ0n) is 10.9. The van der Waals surface area contributed by atoms with Crippen LogP contribution in [0.2, 0.25) is 0 Å². The van der Waals surface area contributed by atoms with E-state index in [0.717, 1.165) is 12.5 Å². The Kier molecular flexibility index (Phi) is 4.60. The van der Waals surface area contributed by atoms with Gasteiger partial charge in [-0.25, -0.2) is 0 Å². The smallest absolute Gasteiger partial charge is 0.00868 e. The Morgan fingerprint density at radius 1 is 1.27 bits per heavy atom. The van der Waals surface area contributed by atoms with Gasteiger partial charge >= 0.3 is 0 Å². The van der Waals surface area contributed by atoms with E-state index >= 15 is 0 Å². The highest BCUT2D eigenvalue weighted by atomic mass is 15.1. The maximum Gasteiger partial charge on any atom is 0.00868 e. The molecule has 0 aliphatic heterocycles. The zero-order valence-corrected chi connectivity index (χ0v) is 10.9. The fourth-order valence-corrected chi connectivity index (χ4v) is 2.36. The lowest BCUT2D eigenvalue weighted by molar-refractivity contribution is 0.0964. The van der Waals surface area contributed by atoms with Gasteiger partial charge in [-0.05, 0) is 57.7 Å². The summed E-state index contributed by atoms with van der Waals surface area (Å²) in [5.74, 6) is 0.741. The van der Waals surface area contributed by atoms with Crippen molar-refractivity contribution in [3.8, 4) is 0 Å². The monoisotopic (exact) mass is 212 g/mol. The predicted octanol–water partition coefficient (Wildman–Crippen LogP) is 2.48. The van der Waals surface area contributed by atoms with E-state index < -0.39 is 0 Å². The molecule has 0 saturated heterocycles. The van der Waals surface area contributed by atoms with Crippen LogP contribution in [0.4, 0.5) is 0 Å². The molecule has 2 heteroatoms. The van der Waals surface area contributed by atoms with Crippen LogP contribution in [0, 0.1) is 11.3 Å². The SMILES string of the molecule is CC(C)C(C)N(C)CCC1(CN)CCC1. The summed E-state index contributed by atoms with van der Waals surface area (Å²) in [4.78, 5) is 2.49. The number of hydrogen-bond acceptors (Lipinski definition) is 2. The molecule has 0 radical (unpaired) electrons. The Bertz CT molecular complexity index is 179. The van der Waals surface area contributed by atoms with Crippen LogP contribution in [-0.4, -0.2) is 31.1 Å². The quantitative estimate of drug-likeness (QED) is 0.733. The van der Waals surface area contributed by atoms with Crippen molar-refractivity contribution in [2.45, 2.75) is 52.5 Å². The molecular weight excluding hydrogens is 184 g/mol. The van der Waals surface area contributed by atoms with Gasteiger partial charge in [-0.2, -0.15) is 0 Å². The summed E-state index contributed by atoms with van der Waals surface area (Å²) in [5.41, 5.74) is 6.38. The minimum absolute atomic E-state index is 0.505. The number of hydrogen-bond donors (Lipinski definition) is 1. The molecule has 0 aromatic rings. The molecule has 0 heterocycles. The molecule has 1 aliphatic carbocycles. The number of nitrogens with two attached hydrogens (primary N) is 1. The largest absolute Gasteiger partial charge is 0.330 e. The van der Waals surface area contributed by atoms with Crippen molar-refractivity contribution < 1.29 is 0 Å². The van der Waals surface area contributed by atoms with Gasteiger partial charge in [0, 0.05) is 6.04 Å². The van der Waals surface area contributed by atoms with E-state index in [1.807, 2.05) is 0 Å². The summed E-state index contributed by atoms with van der Waals surface area (Å²) < 4.78 is 0. The van der Waals surface area contributed by atoms with Crippen LogP contribution in [0.25, 0.3) is 0 Å². The first kappa shape index (κ1) is 13.0. The van der Waals surface area contributed by atoms with Crippen molar-refractivity contribution >= 4 is 0 Å². The van der Waals surface area contributed by atoms with E-state index in [1.165, 1.54) is 32.2 Å². The van der Waals surface area contributed by atoms with Gasteiger partial charge in [0.15, 0.2) is 0 Å². The van der Waals surface area contributed by atoms with Gasteiger partial charge in [0.25, 0.3) is 0 Å². The molecule has 0 aromatic carbocycles. The molecule has 0 amide bonds. The second-order valence-electron chi connectivity index (χ2n) is 5.77. The van der Waals surface area contributed by atoms with Crippen LogP contribution in [0.15, 0.2) is 0 Å². The maximum atomic E-state index is 5.87. The molecule has 90 valence electrons. The average molecular weight is 212 g/mol. The first-order chi connectivity index (χ1) is 7.01. The summed E-state index contributed by atoms with van der Waals surface area (Å²) >= 11 is 0. The molecule has 0 bridgehead atoms. The van der Waals surface area contributed by atoms with Gasteiger partial charge in [0.1, 0.15) is 0 Å². The lowest BCUT2D eigenvalue weighted by Gasteiger charge is -2.42. The Hall–Kier alpha value is -0.0800.